The van der Waals surface area contributed by atoms with Gasteiger partial charge in [0.25, 0.3) is 0 Å². The van der Waals surface area contributed by atoms with E-state index in [1.165, 1.54) is 17.8 Å². The number of thioether (sulfide) groups is 1. The zero-order valence-electron chi connectivity index (χ0n) is 16.3. The molecule has 0 bridgehead atoms. The first kappa shape index (κ1) is 18.9. The predicted octanol–water partition coefficient (Wildman–Crippen LogP) is 5.38. The normalized spacial score (nSPS) is 13.5. The zero-order valence-corrected chi connectivity index (χ0v) is 17.1. The van der Waals surface area contributed by atoms with Gasteiger partial charge in [0.1, 0.15) is 23.0 Å². The van der Waals surface area contributed by atoms with Crippen LogP contribution in [0.3, 0.4) is 0 Å². The van der Waals surface area contributed by atoms with E-state index in [4.69, 9.17) is 9.26 Å². The van der Waals surface area contributed by atoms with Gasteiger partial charge >= 0.3 is 0 Å². The Morgan fingerprint density at radius 2 is 1.93 bits per heavy atom. The van der Waals surface area contributed by atoms with E-state index < -0.39 is 0 Å². The maximum Gasteiger partial charge on any atom is 0.192 e. The first-order chi connectivity index (χ1) is 14.7. The number of aromatic nitrogens is 4. The highest BCUT2D eigenvalue weighted by molar-refractivity contribution is 7.98. The Hall–Kier alpha value is -3.13. The lowest BCUT2D eigenvalue weighted by Crippen LogP contribution is -2.01. The number of rotatable bonds is 7. The van der Waals surface area contributed by atoms with E-state index in [-0.39, 0.29) is 5.82 Å². The Kier molecular flexibility index (Phi) is 5.00. The van der Waals surface area contributed by atoms with Crippen LogP contribution in [0.5, 0.6) is 5.75 Å². The van der Waals surface area contributed by atoms with Gasteiger partial charge in [0, 0.05) is 17.7 Å². The summed E-state index contributed by atoms with van der Waals surface area (Å²) in [5.74, 6) is 2.38. The van der Waals surface area contributed by atoms with Gasteiger partial charge in [-0.05, 0) is 49.2 Å². The SMILES string of the molecule is COc1ccc(-c2cc(CSc3nnc(-c4ccccc4F)n3C3CC3)on2)cc1. The number of benzene rings is 2. The molecule has 0 saturated heterocycles. The van der Waals surface area contributed by atoms with Crippen LogP contribution in [0.15, 0.2) is 64.3 Å². The number of halogens is 1. The average Bonchev–Trinajstić information content (AvgIpc) is 3.35. The summed E-state index contributed by atoms with van der Waals surface area (Å²) in [5, 5.41) is 13.5. The third kappa shape index (κ3) is 3.70. The monoisotopic (exact) mass is 422 g/mol. The second-order valence-electron chi connectivity index (χ2n) is 7.08. The van der Waals surface area contributed by atoms with E-state index in [9.17, 15) is 4.39 Å². The molecule has 4 aromatic rings. The largest absolute Gasteiger partial charge is 0.497 e. The highest BCUT2D eigenvalue weighted by Crippen LogP contribution is 2.42. The van der Waals surface area contributed by atoms with Crippen molar-refractivity contribution in [3.05, 3.63) is 66.2 Å². The predicted molar refractivity (Wildman–Crippen MR) is 112 cm³/mol. The van der Waals surface area contributed by atoms with Crippen molar-refractivity contribution in [3.63, 3.8) is 0 Å². The van der Waals surface area contributed by atoms with Crippen molar-refractivity contribution in [1.29, 1.82) is 0 Å². The summed E-state index contributed by atoms with van der Waals surface area (Å²) in [4.78, 5) is 0. The summed E-state index contributed by atoms with van der Waals surface area (Å²) in [6.07, 6.45) is 2.11. The minimum atomic E-state index is -0.289. The van der Waals surface area contributed by atoms with Crippen LogP contribution >= 0.6 is 11.8 Å². The van der Waals surface area contributed by atoms with Gasteiger partial charge in [-0.25, -0.2) is 4.39 Å². The van der Waals surface area contributed by atoms with Gasteiger partial charge in [-0.1, -0.05) is 29.1 Å². The number of methoxy groups -OCH3 is 1. The molecule has 1 saturated carbocycles. The van der Waals surface area contributed by atoms with Crippen molar-refractivity contribution in [1.82, 2.24) is 19.9 Å². The Morgan fingerprint density at radius 3 is 2.67 bits per heavy atom. The van der Waals surface area contributed by atoms with Gasteiger partial charge in [-0.3, -0.25) is 4.57 Å². The van der Waals surface area contributed by atoms with E-state index in [0.29, 0.717) is 23.2 Å². The third-order valence-electron chi connectivity index (χ3n) is 4.98. The molecule has 8 heteroatoms. The fourth-order valence-corrected chi connectivity index (χ4v) is 4.16. The van der Waals surface area contributed by atoms with Gasteiger partial charge in [-0.15, -0.1) is 10.2 Å². The molecular weight excluding hydrogens is 403 g/mol. The number of hydrogen-bond acceptors (Lipinski definition) is 6. The fourth-order valence-electron chi connectivity index (χ4n) is 3.28. The van der Waals surface area contributed by atoms with E-state index in [1.807, 2.05) is 41.0 Å². The topological polar surface area (TPSA) is 66.0 Å². The van der Waals surface area contributed by atoms with Gasteiger partial charge in [0.15, 0.2) is 11.0 Å². The second-order valence-corrected chi connectivity index (χ2v) is 8.03. The smallest absolute Gasteiger partial charge is 0.192 e. The molecule has 2 heterocycles. The zero-order chi connectivity index (χ0) is 20.5. The first-order valence-corrected chi connectivity index (χ1v) is 10.6. The van der Waals surface area contributed by atoms with Crippen molar-refractivity contribution in [3.8, 4) is 28.4 Å². The van der Waals surface area contributed by atoms with Gasteiger partial charge in [0.05, 0.1) is 18.4 Å². The highest BCUT2D eigenvalue weighted by atomic mass is 32.2. The van der Waals surface area contributed by atoms with Crippen molar-refractivity contribution in [2.75, 3.05) is 7.11 Å². The summed E-state index contributed by atoms with van der Waals surface area (Å²) < 4.78 is 27.0. The lowest BCUT2D eigenvalue weighted by atomic mass is 10.1. The standard InChI is InChI=1S/C22H19FN4O2S/c1-28-16-10-6-14(7-11-16)20-12-17(29-26-20)13-30-22-25-24-21(27(22)15-8-9-15)18-4-2-3-5-19(18)23/h2-7,10-12,15H,8-9,13H2,1H3. The molecule has 152 valence electrons. The number of hydrogen-bond donors (Lipinski definition) is 0. The lowest BCUT2D eigenvalue weighted by molar-refractivity contribution is 0.397. The second kappa shape index (κ2) is 7.95. The van der Waals surface area contributed by atoms with Crippen molar-refractivity contribution in [2.24, 2.45) is 0 Å². The molecule has 2 aromatic heterocycles. The van der Waals surface area contributed by atoms with Crippen LogP contribution in [0.4, 0.5) is 4.39 Å². The molecule has 0 aliphatic heterocycles. The molecular formula is C22H19FN4O2S. The summed E-state index contributed by atoms with van der Waals surface area (Å²) in [5.41, 5.74) is 2.20. The summed E-state index contributed by atoms with van der Waals surface area (Å²) in [6.45, 7) is 0. The van der Waals surface area contributed by atoms with Gasteiger partial charge < -0.3 is 9.26 Å². The van der Waals surface area contributed by atoms with E-state index in [1.54, 1.807) is 19.2 Å². The Labute approximate surface area is 177 Å². The molecule has 0 atom stereocenters. The highest BCUT2D eigenvalue weighted by Gasteiger charge is 2.31. The van der Waals surface area contributed by atoms with E-state index in [0.717, 1.165) is 40.8 Å². The van der Waals surface area contributed by atoms with Crippen LogP contribution in [-0.4, -0.2) is 27.0 Å². The van der Waals surface area contributed by atoms with Crippen molar-refractivity contribution < 1.29 is 13.7 Å². The van der Waals surface area contributed by atoms with Crippen LogP contribution in [0.25, 0.3) is 22.6 Å². The molecule has 6 nitrogen and oxygen atoms in total. The van der Waals surface area contributed by atoms with Crippen LogP contribution in [-0.2, 0) is 5.75 Å². The molecule has 0 N–H and O–H groups in total. The van der Waals surface area contributed by atoms with E-state index >= 15 is 0 Å². The van der Waals surface area contributed by atoms with Gasteiger partial charge in [-0.2, -0.15) is 0 Å². The molecule has 2 aromatic carbocycles. The van der Waals surface area contributed by atoms with Crippen LogP contribution in [0.1, 0.15) is 24.6 Å². The third-order valence-corrected chi connectivity index (χ3v) is 5.94. The lowest BCUT2D eigenvalue weighted by Gasteiger charge is -2.08. The van der Waals surface area contributed by atoms with Crippen molar-refractivity contribution in [2.45, 2.75) is 29.8 Å². The minimum absolute atomic E-state index is 0.289. The Morgan fingerprint density at radius 1 is 1.13 bits per heavy atom. The first-order valence-electron chi connectivity index (χ1n) is 9.65. The molecule has 0 spiro atoms. The molecule has 1 fully saturated rings. The number of nitrogens with zero attached hydrogens (tertiary/aromatic N) is 4. The maximum atomic E-state index is 14.3. The van der Waals surface area contributed by atoms with Gasteiger partial charge in [0.2, 0.25) is 0 Å². The summed E-state index contributed by atoms with van der Waals surface area (Å²) >= 11 is 1.52. The molecule has 0 amide bonds. The fraction of sp³-hybridized carbons (Fsp3) is 0.227. The summed E-state index contributed by atoms with van der Waals surface area (Å²) in [7, 11) is 1.64. The molecule has 0 radical (unpaired) electrons. The van der Waals surface area contributed by atoms with Crippen LogP contribution in [0.2, 0.25) is 0 Å². The quantitative estimate of drug-likeness (QED) is 0.373. The molecule has 1 aliphatic rings. The van der Waals surface area contributed by atoms with E-state index in [2.05, 4.69) is 15.4 Å². The Balaban J connectivity index is 1.35. The van der Waals surface area contributed by atoms with Crippen LogP contribution < -0.4 is 4.74 Å². The minimum Gasteiger partial charge on any atom is -0.497 e. The molecule has 0 unspecified atom stereocenters. The maximum absolute atomic E-state index is 14.3. The molecule has 1 aliphatic carbocycles. The summed E-state index contributed by atoms with van der Waals surface area (Å²) in [6, 6.07) is 16.6. The number of ether oxygens (including phenoxy) is 1. The average molecular weight is 422 g/mol. The molecule has 30 heavy (non-hydrogen) atoms. The molecule has 5 rings (SSSR count). The van der Waals surface area contributed by atoms with Crippen LogP contribution in [0, 0.1) is 5.82 Å². The van der Waals surface area contributed by atoms with Crippen molar-refractivity contribution >= 4 is 11.8 Å². The Bertz CT molecular complexity index is 1170.